The number of carboxylic acid groups (broad SMARTS) is 1. The van der Waals surface area contributed by atoms with Gasteiger partial charge in [0.25, 0.3) is 0 Å². The quantitative estimate of drug-likeness (QED) is 0.320. The molecule has 3 N–H and O–H groups in total. The SMILES string of the molecule is COc1cc2oc(=O)c(CC(=O)N[C@H](Cc3c[nH]c4ccc(O)cc34)C(=O)[O-])c(C)c2cc1OC. The van der Waals surface area contributed by atoms with Crippen LogP contribution < -0.4 is 25.5 Å². The highest BCUT2D eigenvalue weighted by Gasteiger charge is 2.21. The van der Waals surface area contributed by atoms with Crippen molar-refractivity contribution >= 4 is 33.7 Å². The fourth-order valence-corrected chi connectivity index (χ4v) is 4.07. The first kappa shape index (κ1) is 23.7. The number of phenolic OH excluding ortho intramolecular Hbond substituents is 1. The zero-order chi connectivity index (χ0) is 25.3. The third-order valence-corrected chi connectivity index (χ3v) is 5.92. The topological polar surface area (TPSA) is 154 Å². The number of aromatic nitrogens is 1. The second-order valence-corrected chi connectivity index (χ2v) is 8.06. The van der Waals surface area contributed by atoms with Crippen LogP contribution in [0.4, 0.5) is 0 Å². The molecule has 0 saturated carbocycles. The summed E-state index contributed by atoms with van der Waals surface area (Å²) in [4.78, 5) is 40.1. The Morgan fingerprint density at radius 1 is 1.14 bits per heavy atom. The van der Waals surface area contributed by atoms with Crippen molar-refractivity contribution in [2.75, 3.05) is 14.2 Å². The van der Waals surface area contributed by atoms with E-state index < -0.39 is 30.0 Å². The van der Waals surface area contributed by atoms with Gasteiger partial charge in [-0.05, 0) is 42.3 Å². The molecule has 35 heavy (non-hydrogen) atoms. The Bertz CT molecular complexity index is 1500. The first-order valence-corrected chi connectivity index (χ1v) is 10.7. The van der Waals surface area contributed by atoms with Crippen molar-refractivity contribution in [1.29, 1.82) is 0 Å². The van der Waals surface area contributed by atoms with Crippen molar-refractivity contribution in [2.24, 2.45) is 0 Å². The van der Waals surface area contributed by atoms with E-state index in [1.807, 2.05) is 0 Å². The number of aromatic hydroxyl groups is 1. The van der Waals surface area contributed by atoms with Crippen LogP contribution in [-0.4, -0.2) is 42.2 Å². The molecule has 4 rings (SSSR count). The number of H-pyrrole nitrogens is 1. The fraction of sp³-hybridized carbons (Fsp3) is 0.240. The summed E-state index contributed by atoms with van der Waals surface area (Å²) in [7, 11) is 2.93. The van der Waals surface area contributed by atoms with Crippen molar-refractivity contribution in [3.8, 4) is 17.2 Å². The van der Waals surface area contributed by atoms with Gasteiger partial charge < -0.3 is 39.2 Å². The fourth-order valence-electron chi connectivity index (χ4n) is 4.07. The van der Waals surface area contributed by atoms with E-state index in [4.69, 9.17) is 13.9 Å². The summed E-state index contributed by atoms with van der Waals surface area (Å²) >= 11 is 0. The van der Waals surface area contributed by atoms with Crippen LogP contribution in [0.15, 0.2) is 45.7 Å². The molecular weight excluding hydrogens is 456 g/mol. The maximum absolute atomic E-state index is 12.8. The van der Waals surface area contributed by atoms with E-state index in [0.29, 0.717) is 38.9 Å². The number of hydrogen-bond acceptors (Lipinski definition) is 8. The number of aryl methyl sites for hydroxylation is 1. The van der Waals surface area contributed by atoms with Crippen LogP contribution in [0.2, 0.25) is 0 Å². The van der Waals surface area contributed by atoms with Crippen LogP contribution in [0.3, 0.4) is 0 Å². The Labute approximate surface area is 199 Å². The lowest BCUT2D eigenvalue weighted by Crippen LogP contribution is -2.49. The first-order valence-electron chi connectivity index (χ1n) is 10.7. The van der Waals surface area contributed by atoms with E-state index in [-0.39, 0.29) is 23.3 Å². The number of rotatable bonds is 8. The van der Waals surface area contributed by atoms with Gasteiger partial charge in [0.05, 0.1) is 38.2 Å². The summed E-state index contributed by atoms with van der Waals surface area (Å²) < 4.78 is 15.9. The number of amides is 1. The van der Waals surface area contributed by atoms with Crippen molar-refractivity contribution < 1.29 is 33.7 Å². The highest BCUT2D eigenvalue weighted by molar-refractivity contribution is 5.89. The molecule has 1 amide bonds. The number of aliphatic carboxylic acids is 1. The average Bonchev–Trinajstić information content (AvgIpc) is 3.22. The van der Waals surface area contributed by atoms with Gasteiger partial charge in [-0.2, -0.15) is 0 Å². The predicted molar refractivity (Wildman–Crippen MR) is 125 cm³/mol. The summed E-state index contributed by atoms with van der Waals surface area (Å²) in [5.74, 6) is -1.33. The number of nitrogens with one attached hydrogen (secondary N) is 2. The molecule has 2 aromatic carbocycles. The average molecular weight is 479 g/mol. The maximum atomic E-state index is 12.8. The lowest BCUT2D eigenvalue weighted by Gasteiger charge is -2.20. The van der Waals surface area contributed by atoms with E-state index in [2.05, 4.69) is 10.3 Å². The van der Waals surface area contributed by atoms with Gasteiger partial charge in [0.1, 0.15) is 11.3 Å². The Hall–Kier alpha value is -4.47. The monoisotopic (exact) mass is 479 g/mol. The molecular formula is C25H23N2O8-. The second-order valence-electron chi connectivity index (χ2n) is 8.06. The Kier molecular flexibility index (Phi) is 6.37. The molecule has 0 radical (unpaired) electrons. The zero-order valence-electron chi connectivity index (χ0n) is 19.3. The van der Waals surface area contributed by atoms with Gasteiger partial charge >= 0.3 is 5.63 Å². The minimum absolute atomic E-state index is 0.0279. The van der Waals surface area contributed by atoms with E-state index >= 15 is 0 Å². The van der Waals surface area contributed by atoms with Gasteiger partial charge in [0, 0.05) is 35.0 Å². The van der Waals surface area contributed by atoms with Gasteiger partial charge in [-0.25, -0.2) is 4.79 Å². The second kappa shape index (κ2) is 9.41. The number of phenols is 1. The predicted octanol–water partition coefficient (Wildman–Crippen LogP) is 1.33. The number of carbonyl (C=O) groups excluding carboxylic acids is 2. The molecule has 2 heterocycles. The molecule has 0 aliphatic rings. The standard InChI is InChI=1S/C25H24N2O8/c1-12-15-8-21(33-2)22(34-3)10-20(15)35-25(32)16(12)9-23(29)27-19(24(30)31)6-13-11-26-18-5-4-14(28)7-17(13)18/h4-5,7-8,10-11,19,26,28H,6,9H2,1-3H3,(H,27,29)(H,30,31)/p-1/t19-/m1/s1. The van der Waals surface area contributed by atoms with Gasteiger partial charge in [0.15, 0.2) is 11.5 Å². The smallest absolute Gasteiger partial charge is 0.340 e. The zero-order valence-corrected chi connectivity index (χ0v) is 19.3. The highest BCUT2D eigenvalue weighted by Crippen LogP contribution is 2.33. The third kappa shape index (κ3) is 4.63. The number of methoxy groups -OCH3 is 2. The Balaban J connectivity index is 1.59. The number of benzene rings is 2. The van der Waals surface area contributed by atoms with Crippen molar-refractivity contribution in [2.45, 2.75) is 25.8 Å². The minimum atomic E-state index is -1.48. The van der Waals surface area contributed by atoms with Crippen molar-refractivity contribution in [3.63, 3.8) is 0 Å². The number of carbonyl (C=O) groups is 2. The molecule has 1 atom stereocenters. The van der Waals surface area contributed by atoms with Crippen LogP contribution in [0, 0.1) is 6.92 Å². The Morgan fingerprint density at radius 3 is 2.54 bits per heavy atom. The lowest BCUT2D eigenvalue weighted by atomic mass is 10.0. The largest absolute Gasteiger partial charge is 0.548 e. The number of ether oxygens (including phenoxy) is 2. The normalized spacial score (nSPS) is 12.0. The van der Waals surface area contributed by atoms with E-state index in [0.717, 1.165) is 0 Å². The number of fused-ring (bicyclic) bond motifs is 2. The molecule has 2 aromatic heterocycles. The van der Waals surface area contributed by atoms with Crippen LogP contribution >= 0.6 is 0 Å². The van der Waals surface area contributed by atoms with E-state index in [1.165, 1.54) is 32.4 Å². The van der Waals surface area contributed by atoms with Gasteiger partial charge in [0.2, 0.25) is 5.91 Å². The molecule has 182 valence electrons. The van der Waals surface area contributed by atoms with Crippen LogP contribution in [0.5, 0.6) is 17.2 Å². The first-order chi connectivity index (χ1) is 16.7. The number of aromatic amines is 1. The minimum Gasteiger partial charge on any atom is -0.548 e. The van der Waals surface area contributed by atoms with Crippen molar-refractivity contribution in [3.05, 3.63) is 63.6 Å². The van der Waals surface area contributed by atoms with Crippen LogP contribution in [0.1, 0.15) is 16.7 Å². The van der Waals surface area contributed by atoms with E-state index in [9.17, 15) is 24.6 Å². The van der Waals surface area contributed by atoms with Crippen molar-refractivity contribution in [1.82, 2.24) is 10.3 Å². The van der Waals surface area contributed by atoms with Gasteiger partial charge in [-0.1, -0.05) is 0 Å². The summed E-state index contributed by atoms with van der Waals surface area (Å²) in [6.07, 6.45) is 1.13. The summed E-state index contributed by atoms with van der Waals surface area (Å²) in [6, 6.07) is 6.47. The molecule has 0 spiro atoms. The summed E-state index contributed by atoms with van der Waals surface area (Å²) in [5, 5.41) is 25.1. The molecule has 0 saturated heterocycles. The van der Waals surface area contributed by atoms with Crippen LogP contribution in [0.25, 0.3) is 21.9 Å². The highest BCUT2D eigenvalue weighted by atomic mass is 16.5. The molecule has 10 nitrogen and oxygen atoms in total. The molecule has 0 bridgehead atoms. The number of carboxylic acids is 1. The maximum Gasteiger partial charge on any atom is 0.340 e. The third-order valence-electron chi connectivity index (χ3n) is 5.92. The van der Waals surface area contributed by atoms with Crippen LogP contribution in [-0.2, 0) is 22.4 Å². The summed E-state index contributed by atoms with van der Waals surface area (Å²) in [5.41, 5.74) is 1.44. The lowest BCUT2D eigenvalue weighted by molar-refractivity contribution is -0.308. The molecule has 0 aliphatic heterocycles. The van der Waals surface area contributed by atoms with Gasteiger partial charge in [-0.15, -0.1) is 0 Å². The molecule has 0 unspecified atom stereocenters. The van der Waals surface area contributed by atoms with E-state index in [1.54, 1.807) is 25.3 Å². The number of hydrogen-bond donors (Lipinski definition) is 3. The Morgan fingerprint density at radius 2 is 1.86 bits per heavy atom. The molecule has 4 aromatic rings. The van der Waals surface area contributed by atoms with Gasteiger partial charge in [-0.3, -0.25) is 4.79 Å². The molecule has 0 fully saturated rings. The molecule has 10 heteroatoms. The molecule has 0 aliphatic carbocycles. The summed E-state index contributed by atoms with van der Waals surface area (Å²) in [6.45, 7) is 1.67.